The van der Waals surface area contributed by atoms with E-state index in [2.05, 4.69) is 36.5 Å². The summed E-state index contributed by atoms with van der Waals surface area (Å²) in [5.41, 5.74) is 6.37. The monoisotopic (exact) mass is 465 g/mol. The molecule has 1 saturated carbocycles. The van der Waals surface area contributed by atoms with E-state index in [0.717, 1.165) is 74.9 Å². The van der Waals surface area contributed by atoms with Crippen molar-refractivity contribution in [3.63, 3.8) is 0 Å². The van der Waals surface area contributed by atoms with Crippen LogP contribution in [0, 0.1) is 5.92 Å². The average molecular weight is 466 g/mol. The Labute approximate surface area is 203 Å². The van der Waals surface area contributed by atoms with Crippen LogP contribution in [0.1, 0.15) is 97.2 Å². The number of carbonyl (C=O) groups is 1. The number of carbonyl (C=O) groups excluding carboxylic acids is 1. The van der Waals surface area contributed by atoms with Gasteiger partial charge in [0.15, 0.2) is 0 Å². The van der Waals surface area contributed by atoms with Gasteiger partial charge in [0, 0.05) is 19.1 Å². The number of rotatable bonds is 6. The number of anilines is 1. The number of fused-ring (bicyclic) bond motifs is 1. The highest BCUT2D eigenvalue weighted by molar-refractivity contribution is 6.01. The molecule has 0 saturated heterocycles. The Morgan fingerprint density at radius 2 is 1.94 bits per heavy atom. The van der Waals surface area contributed by atoms with Crippen LogP contribution in [0.15, 0.2) is 36.1 Å². The summed E-state index contributed by atoms with van der Waals surface area (Å²) in [7, 11) is 3.18. The number of aliphatic hydroxyl groups is 1. The van der Waals surface area contributed by atoms with Gasteiger partial charge in [0.05, 0.1) is 25.5 Å². The first-order valence-corrected chi connectivity index (χ1v) is 12.9. The molecule has 1 aromatic carbocycles. The number of ether oxygens (including phenoxy) is 2. The summed E-state index contributed by atoms with van der Waals surface area (Å²) in [5, 5.41) is 13.5. The molecule has 1 heterocycles. The van der Waals surface area contributed by atoms with E-state index in [1.54, 1.807) is 7.11 Å². The van der Waals surface area contributed by atoms with Crippen LogP contribution in [-0.4, -0.2) is 38.4 Å². The SMILES string of the molecule is CCC1CNc2c(C(=O)OC)c(C3CCCC[C@H](CO)C3)cc(C3=C/CC/C=C(OC)/C=C\3)c21. The molecule has 0 spiro atoms. The molecule has 2 unspecified atom stereocenters. The normalized spacial score (nSPS) is 28.6. The third kappa shape index (κ3) is 4.95. The number of allylic oxidation sites excluding steroid dienone is 5. The largest absolute Gasteiger partial charge is 0.497 e. The number of esters is 1. The van der Waals surface area contributed by atoms with E-state index in [1.807, 2.05) is 6.08 Å². The Kier molecular flexibility index (Phi) is 8.15. The minimum atomic E-state index is -0.265. The number of aliphatic hydroxyl groups excluding tert-OH is 1. The first kappa shape index (κ1) is 24.6. The van der Waals surface area contributed by atoms with Crippen molar-refractivity contribution in [1.29, 1.82) is 0 Å². The topological polar surface area (TPSA) is 67.8 Å². The van der Waals surface area contributed by atoms with Gasteiger partial charge in [0.2, 0.25) is 0 Å². The maximum absolute atomic E-state index is 13.2. The van der Waals surface area contributed by atoms with Gasteiger partial charge in [-0.15, -0.1) is 0 Å². The molecular formula is C29H39NO4. The molecule has 0 aromatic heterocycles. The van der Waals surface area contributed by atoms with Crippen molar-refractivity contribution >= 4 is 17.2 Å². The summed E-state index contributed by atoms with van der Waals surface area (Å²) in [6, 6.07) is 2.28. The van der Waals surface area contributed by atoms with E-state index in [4.69, 9.17) is 9.47 Å². The molecule has 2 N–H and O–H groups in total. The van der Waals surface area contributed by atoms with Crippen molar-refractivity contribution in [3.05, 3.63) is 58.4 Å². The molecule has 1 fully saturated rings. The number of benzene rings is 1. The fourth-order valence-electron chi connectivity index (χ4n) is 5.92. The quantitative estimate of drug-likeness (QED) is 0.380. The molecule has 0 amide bonds. The highest BCUT2D eigenvalue weighted by Gasteiger charge is 2.35. The van der Waals surface area contributed by atoms with Gasteiger partial charge in [-0.25, -0.2) is 4.79 Å². The third-order valence-corrected chi connectivity index (χ3v) is 7.79. The zero-order valence-corrected chi connectivity index (χ0v) is 20.9. The molecule has 0 radical (unpaired) electrons. The van der Waals surface area contributed by atoms with E-state index < -0.39 is 0 Å². The second kappa shape index (κ2) is 11.3. The molecular weight excluding hydrogens is 426 g/mol. The number of hydrogen-bond donors (Lipinski definition) is 2. The van der Waals surface area contributed by atoms with E-state index >= 15 is 0 Å². The Morgan fingerprint density at radius 1 is 1.15 bits per heavy atom. The number of methoxy groups -OCH3 is 2. The van der Waals surface area contributed by atoms with E-state index in [-0.39, 0.29) is 24.4 Å². The van der Waals surface area contributed by atoms with Gasteiger partial charge < -0.3 is 19.9 Å². The lowest BCUT2D eigenvalue weighted by Crippen LogP contribution is -2.16. The van der Waals surface area contributed by atoms with Gasteiger partial charge in [0.25, 0.3) is 0 Å². The standard InChI is InChI=1S/C29H39NO4/c1-4-20-17-30-28-26(20)24(21-10-7-8-12-23(33-2)14-13-21)16-25(27(28)29(32)34-3)22-11-6-5-9-19(15-22)18-31/h10,12-14,16,19-20,22,30-31H,4-9,11,15,17-18H2,1-3H3/b14-13-,21-10+,23-12-/t19-,20?,22?/m0/s1. The maximum Gasteiger partial charge on any atom is 0.340 e. The van der Waals surface area contributed by atoms with Crippen molar-refractivity contribution in [3.8, 4) is 0 Å². The predicted molar refractivity (Wildman–Crippen MR) is 137 cm³/mol. The Hall–Kier alpha value is -2.53. The predicted octanol–water partition coefficient (Wildman–Crippen LogP) is 6.31. The summed E-state index contributed by atoms with van der Waals surface area (Å²) in [5.74, 6) is 1.47. The van der Waals surface area contributed by atoms with Crippen LogP contribution >= 0.6 is 0 Å². The summed E-state index contributed by atoms with van der Waals surface area (Å²) in [6.07, 6.45) is 16.7. The highest BCUT2D eigenvalue weighted by atomic mass is 16.5. The van der Waals surface area contributed by atoms with Gasteiger partial charge in [0.1, 0.15) is 5.76 Å². The number of hydrogen-bond acceptors (Lipinski definition) is 5. The van der Waals surface area contributed by atoms with Crippen LogP contribution in [0.5, 0.6) is 0 Å². The Bertz CT molecular complexity index is 990. The van der Waals surface area contributed by atoms with Crippen molar-refractivity contribution in [1.82, 2.24) is 0 Å². The molecule has 3 atom stereocenters. The fourth-order valence-corrected chi connectivity index (χ4v) is 5.92. The second-order valence-corrected chi connectivity index (χ2v) is 9.80. The summed E-state index contributed by atoms with van der Waals surface area (Å²) in [6.45, 7) is 3.25. The molecule has 1 aromatic rings. The van der Waals surface area contributed by atoms with Crippen LogP contribution in [0.4, 0.5) is 5.69 Å². The van der Waals surface area contributed by atoms with E-state index in [0.29, 0.717) is 11.5 Å². The zero-order valence-electron chi connectivity index (χ0n) is 20.9. The lowest BCUT2D eigenvalue weighted by Gasteiger charge is -2.25. The smallest absolute Gasteiger partial charge is 0.340 e. The fraction of sp³-hybridized carbons (Fsp3) is 0.552. The first-order valence-electron chi connectivity index (χ1n) is 12.9. The minimum absolute atomic E-state index is 0.206. The van der Waals surface area contributed by atoms with Crippen molar-refractivity contribution in [2.75, 3.05) is 32.7 Å². The van der Waals surface area contributed by atoms with E-state index in [9.17, 15) is 9.90 Å². The van der Waals surface area contributed by atoms with Crippen molar-refractivity contribution in [2.45, 2.75) is 70.1 Å². The summed E-state index contributed by atoms with van der Waals surface area (Å²) in [4.78, 5) is 13.2. The van der Waals surface area contributed by atoms with Gasteiger partial charge in [-0.05, 0) is 90.8 Å². The molecule has 0 bridgehead atoms. The maximum atomic E-state index is 13.2. The van der Waals surface area contributed by atoms with Crippen LogP contribution in [0.25, 0.3) is 5.57 Å². The number of nitrogens with one attached hydrogen (secondary N) is 1. The molecule has 34 heavy (non-hydrogen) atoms. The van der Waals surface area contributed by atoms with Crippen molar-refractivity contribution < 1.29 is 19.4 Å². The lowest BCUT2D eigenvalue weighted by atomic mass is 9.79. The van der Waals surface area contributed by atoms with Crippen LogP contribution in [0.2, 0.25) is 0 Å². The van der Waals surface area contributed by atoms with Crippen LogP contribution in [0.3, 0.4) is 0 Å². The third-order valence-electron chi connectivity index (χ3n) is 7.79. The molecule has 5 nitrogen and oxygen atoms in total. The Morgan fingerprint density at radius 3 is 2.68 bits per heavy atom. The molecule has 5 heteroatoms. The highest BCUT2D eigenvalue weighted by Crippen LogP contribution is 2.47. The van der Waals surface area contributed by atoms with Crippen LogP contribution in [-0.2, 0) is 9.47 Å². The first-order chi connectivity index (χ1) is 16.6. The molecule has 4 rings (SSSR count). The Balaban J connectivity index is 1.91. The van der Waals surface area contributed by atoms with Gasteiger partial charge in [-0.2, -0.15) is 0 Å². The van der Waals surface area contributed by atoms with E-state index in [1.165, 1.54) is 23.8 Å². The molecule has 1 aliphatic heterocycles. The molecule has 2 aliphatic carbocycles. The average Bonchev–Trinajstić information content (AvgIpc) is 3.12. The van der Waals surface area contributed by atoms with Crippen molar-refractivity contribution in [2.24, 2.45) is 5.92 Å². The molecule has 184 valence electrons. The molecule has 3 aliphatic rings. The van der Waals surface area contributed by atoms with Gasteiger partial charge in [-0.1, -0.05) is 31.9 Å². The summed E-state index contributed by atoms with van der Waals surface area (Å²) < 4.78 is 10.8. The van der Waals surface area contributed by atoms with Gasteiger partial charge >= 0.3 is 5.97 Å². The zero-order chi connectivity index (χ0) is 24.1. The van der Waals surface area contributed by atoms with Crippen LogP contribution < -0.4 is 5.32 Å². The second-order valence-electron chi connectivity index (χ2n) is 9.80. The van der Waals surface area contributed by atoms with Gasteiger partial charge in [-0.3, -0.25) is 0 Å². The summed E-state index contributed by atoms with van der Waals surface area (Å²) >= 11 is 0. The lowest BCUT2D eigenvalue weighted by molar-refractivity contribution is 0.0599. The minimum Gasteiger partial charge on any atom is -0.497 e.